The molecule has 0 aromatic rings. The average molecular weight is 134 g/mol. The minimum absolute atomic E-state index is 0.0139. The summed E-state index contributed by atoms with van der Waals surface area (Å²) >= 11 is 0. The fourth-order valence-electron chi connectivity index (χ4n) is 0.583. The highest BCUT2D eigenvalue weighted by Crippen LogP contribution is 1.95. The van der Waals surface area contributed by atoms with Crippen LogP contribution >= 0.6 is 0 Å². The van der Waals surface area contributed by atoms with Crippen molar-refractivity contribution in [1.29, 1.82) is 0 Å². The Morgan fingerprint density at radius 3 is 1.89 bits per heavy atom. The van der Waals surface area contributed by atoms with Crippen molar-refractivity contribution in [3.05, 3.63) is 0 Å². The van der Waals surface area contributed by atoms with Crippen LogP contribution in [0.25, 0.3) is 0 Å². The van der Waals surface area contributed by atoms with E-state index in [0.717, 1.165) is 0 Å². The van der Waals surface area contributed by atoms with Gasteiger partial charge in [-0.3, -0.25) is 11.3 Å². The Morgan fingerprint density at radius 1 is 1.33 bits per heavy atom. The first-order valence-corrected chi connectivity index (χ1v) is 2.78. The number of hydrogen-bond donors (Lipinski definition) is 2. The predicted octanol–water partition coefficient (Wildman–Crippen LogP) is -0.543. The molecule has 4 nitrogen and oxygen atoms in total. The molecule has 0 amide bonds. The lowest BCUT2D eigenvalue weighted by Crippen LogP contribution is -2.43. The molecule has 0 aromatic carbocycles. The van der Waals surface area contributed by atoms with Crippen LogP contribution in [0, 0.1) is 0 Å². The fourth-order valence-corrected chi connectivity index (χ4v) is 0.583. The summed E-state index contributed by atoms with van der Waals surface area (Å²) in [5, 5.41) is 0. The molecule has 0 saturated heterocycles. The van der Waals surface area contributed by atoms with Crippen molar-refractivity contribution < 1.29 is 9.47 Å². The molecule has 0 aliphatic rings. The van der Waals surface area contributed by atoms with Gasteiger partial charge < -0.3 is 9.47 Å². The van der Waals surface area contributed by atoms with Gasteiger partial charge in [0.15, 0.2) is 6.29 Å². The Morgan fingerprint density at radius 2 is 1.78 bits per heavy atom. The zero-order valence-electron chi connectivity index (χ0n) is 6.05. The van der Waals surface area contributed by atoms with Crippen LogP contribution in [0.4, 0.5) is 0 Å². The molecule has 0 saturated carbocycles. The molecule has 0 rings (SSSR count). The summed E-state index contributed by atoms with van der Waals surface area (Å²) in [7, 11) is 3.14. The number of hydrogen-bond acceptors (Lipinski definition) is 4. The third kappa shape index (κ3) is 2.76. The van der Waals surface area contributed by atoms with E-state index in [1.807, 2.05) is 6.92 Å². The molecule has 4 heteroatoms. The minimum Gasteiger partial charge on any atom is -0.354 e. The predicted molar refractivity (Wildman–Crippen MR) is 34.6 cm³/mol. The number of nitrogens with two attached hydrogens (primary N) is 1. The van der Waals surface area contributed by atoms with Crippen molar-refractivity contribution in [2.45, 2.75) is 19.3 Å². The van der Waals surface area contributed by atoms with E-state index < -0.39 is 0 Å². The van der Waals surface area contributed by atoms with Gasteiger partial charge in [0.05, 0.1) is 6.04 Å². The molecule has 1 atom stereocenters. The number of ether oxygens (including phenoxy) is 2. The smallest absolute Gasteiger partial charge is 0.173 e. The largest absolute Gasteiger partial charge is 0.354 e. The number of rotatable bonds is 4. The van der Waals surface area contributed by atoms with Gasteiger partial charge in [-0.1, -0.05) is 0 Å². The van der Waals surface area contributed by atoms with Gasteiger partial charge >= 0.3 is 0 Å². The van der Waals surface area contributed by atoms with Crippen LogP contribution in [0.3, 0.4) is 0 Å². The molecule has 0 aliphatic carbocycles. The minimum atomic E-state index is -0.269. The summed E-state index contributed by atoms with van der Waals surface area (Å²) in [4.78, 5) is 0. The molecular weight excluding hydrogens is 120 g/mol. The zero-order chi connectivity index (χ0) is 7.28. The molecule has 0 fully saturated rings. The Hall–Kier alpha value is -0.160. The Kier molecular flexibility index (Phi) is 4.61. The molecular formula is C5H14N2O2. The summed E-state index contributed by atoms with van der Waals surface area (Å²) in [5.74, 6) is 5.11. The Bertz CT molecular complexity index is 66.0. The molecule has 9 heavy (non-hydrogen) atoms. The van der Waals surface area contributed by atoms with E-state index in [1.54, 1.807) is 14.2 Å². The number of methoxy groups -OCH3 is 2. The van der Waals surface area contributed by atoms with Crippen molar-refractivity contribution in [2.75, 3.05) is 14.2 Å². The molecule has 0 unspecified atom stereocenters. The van der Waals surface area contributed by atoms with Gasteiger partial charge in [0.25, 0.3) is 0 Å². The van der Waals surface area contributed by atoms with E-state index >= 15 is 0 Å². The standard InChI is InChI=1S/C5H14N2O2/c1-4(7-6)5(8-2)9-3/h4-5,7H,6H2,1-3H3/t4-/m0/s1. The van der Waals surface area contributed by atoms with Crippen LogP contribution in [0.5, 0.6) is 0 Å². The van der Waals surface area contributed by atoms with Crippen LogP contribution in [-0.2, 0) is 9.47 Å². The molecule has 0 aliphatic heterocycles. The maximum atomic E-state index is 5.11. The second-order valence-electron chi connectivity index (χ2n) is 1.80. The topological polar surface area (TPSA) is 56.5 Å². The average Bonchev–Trinajstić information content (AvgIpc) is 1.90. The van der Waals surface area contributed by atoms with Gasteiger partial charge in [0.2, 0.25) is 0 Å². The third-order valence-electron chi connectivity index (χ3n) is 1.14. The van der Waals surface area contributed by atoms with Crippen molar-refractivity contribution in [3.8, 4) is 0 Å². The van der Waals surface area contributed by atoms with Crippen LogP contribution in [0.1, 0.15) is 6.92 Å². The van der Waals surface area contributed by atoms with E-state index in [1.165, 1.54) is 0 Å². The van der Waals surface area contributed by atoms with Crippen LogP contribution < -0.4 is 11.3 Å². The van der Waals surface area contributed by atoms with Crippen molar-refractivity contribution >= 4 is 0 Å². The quantitative estimate of drug-likeness (QED) is 0.308. The van der Waals surface area contributed by atoms with Gasteiger partial charge in [0.1, 0.15) is 0 Å². The summed E-state index contributed by atoms with van der Waals surface area (Å²) in [6.07, 6.45) is -0.269. The summed E-state index contributed by atoms with van der Waals surface area (Å²) in [5.41, 5.74) is 2.52. The molecule has 0 aromatic heterocycles. The summed E-state index contributed by atoms with van der Waals surface area (Å²) in [6, 6.07) is 0.0139. The van der Waals surface area contributed by atoms with Crippen molar-refractivity contribution in [2.24, 2.45) is 5.84 Å². The molecule has 0 spiro atoms. The van der Waals surface area contributed by atoms with Gasteiger partial charge in [-0.05, 0) is 6.92 Å². The number of hydrazine groups is 1. The van der Waals surface area contributed by atoms with Gasteiger partial charge in [0, 0.05) is 14.2 Å². The highest BCUT2D eigenvalue weighted by Gasteiger charge is 2.12. The van der Waals surface area contributed by atoms with Gasteiger partial charge in [-0.2, -0.15) is 0 Å². The first-order chi connectivity index (χ1) is 4.26. The SMILES string of the molecule is COC(OC)[C@H](C)NN. The lowest BCUT2D eigenvalue weighted by molar-refractivity contribution is -0.119. The lowest BCUT2D eigenvalue weighted by atomic mass is 10.3. The maximum absolute atomic E-state index is 5.11. The lowest BCUT2D eigenvalue weighted by Gasteiger charge is -2.19. The van der Waals surface area contributed by atoms with E-state index in [4.69, 9.17) is 15.3 Å². The highest BCUT2D eigenvalue weighted by atomic mass is 16.7. The number of nitrogens with one attached hydrogen (secondary N) is 1. The van der Waals surface area contributed by atoms with Crippen molar-refractivity contribution in [1.82, 2.24) is 5.43 Å². The maximum Gasteiger partial charge on any atom is 0.173 e. The van der Waals surface area contributed by atoms with E-state index in [9.17, 15) is 0 Å². The molecule has 0 heterocycles. The first-order valence-electron chi connectivity index (χ1n) is 2.78. The third-order valence-corrected chi connectivity index (χ3v) is 1.14. The first kappa shape index (κ1) is 8.84. The highest BCUT2D eigenvalue weighted by molar-refractivity contribution is 4.58. The van der Waals surface area contributed by atoms with E-state index in [-0.39, 0.29) is 12.3 Å². The Balaban J connectivity index is 3.50. The Labute approximate surface area is 55.3 Å². The molecule has 3 N–H and O–H groups in total. The second kappa shape index (κ2) is 4.69. The van der Waals surface area contributed by atoms with E-state index in [2.05, 4.69) is 5.43 Å². The van der Waals surface area contributed by atoms with Crippen LogP contribution in [0.15, 0.2) is 0 Å². The van der Waals surface area contributed by atoms with Gasteiger partial charge in [-0.15, -0.1) is 0 Å². The summed E-state index contributed by atoms with van der Waals surface area (Å²) in [6.45, 7) is 1.87. The molecule has 0 radical (unpaired) electrons. The van der Waals surface area contributed by atoms with Crippen LogP contribution in [-0.4, -0.2) is 26.6 Å². The fraction of sp³-hybridized carbons (Fsp3) is 1.00. The monoisotopic (exact) mass is 134 g/mol. The van der Waals surface area contributed by atoms with Crippen LogP contribution in [0.2, 0.25) is 0 Å². The molecule has 0 bridgehead atoms. The van der Waals surface area contributed by atoms with Gasteiger partial charge in [-0.25, -0.2) is 0 Å². The second-order valence-corrected chi connectivity index (χ2v) is 1.80. The zero-order valence-corrected chi connectivity index (χ0v) is 6.05. The van der Waals surface area contributed by atoms with Crippen molar-refractivity contribution in [3.63, 3.8) is 0 Å². The normalized spacial score (nSPS) is 14.3. The summed E-state index contributed by atoms with van der Waals surface area (Å²) < 4.78 is 9.77. The molecule has 56 valence electrons. The van der Waals surface area contributed by atoms with E-state index in [0.29, 0.717) is 0 Å².